The predicted octanol–water partition coefficient (Wildman–Crippen LogP) is 4.16. The van der Waals surface area contributed by atoms with Crippen molar-refractivity contribution in [2.45, 2.75) is 77.2 Å². The van der Waals surface area contributed by atoms with E-state index in [0.29, 0.717) is 30.0 Å². The fourth-order valence-corrected chi connectivity index (χ4v) is 7.09. The van der Waals surface area contributed by atoms with Crippen molar-refractivity contribution in [1.82, 2.24) is 0 Å². The van der Waals surface area contributed by atoms with Crippen molar-refractivity contribution in [2.24, 2.45) is 28.6 Å². The maximum absolute atomic E-state index is 11.9. The molecule has 6 atom stereocenters. The van der Waals surface area contributed by atoms with E-state index in [1.165, 1.54) is 5.57 Å². The summed E-state index contributed by atoms with van der Waals surface area (Å²) in [5, 5.41) is 20.4. The molecule has 0 aromatic carbocycles. The number of nitrogens with zero attached hydrogens (tertiary/aromatic N) is 1. The molecular formula is C21H29NO2. The Bertz CT molecular complexity index is 647. The van der Waals surface area contributed by atoms with Crippen LogP contribution in [-0.2, 0) is 4.79 Å². The van der Waals surface area contributed by atoms with E-state index in [1.807, 2.05) is 6.08 Å². The summed E-state index contributed by atoms with van der Waals surface area (Å²) in [6.45, 7) is 4.64. The van der Waals surface area contributed by atoms with Crippen LogP contribution in [0.15, 0.2) is 11.6 Å². The normalized spacial score (nSPS) is 50.3. The minimum absolute atomic E-state index is 0.105. The molecule has 0 aromatic rings. The molecule has 4 aliphatic rings. The van der Waals surface area contributed by atoms with Gasteiger partial charge in [0.15, 0.2) is 5.78 Å². The number of carbonyl (C=O) groups excluding carboxylic acids is 1. The van der Waals surface area contributed by atoms with E-state index in [0.717, 1.165) is 44.9 Å². The molecule has 0 heterocycles. The molecule has 0 radical (unpaired) electrons. The monoisotopic (exact) mass is 327 g/mol. The molecule has 24 heavy (non-hydrogen) atoms. The fraction of sp³-hybridized carbons (Fsp3) is 0.810. The van der Waals surface area contributed by atoms with Gasteiger partial charge in [-0.2, -0.15) is 5.26 Å². The topological polar surface area (TPSA) is 61.1 Å². The van der Waals surface area contributed by atoms with Crippen LogP contribution in [0.2, 0.25) is 0 Å². The molecule has 3 saturated carbocycles. The third kappa shape index (κ3) is 1.96. The summed E-state index contributed by atoms with van der Waals surface area (Å²) in [7, 11) is 0. The van der Waals surface area contributed by atoms with Gasteiger partial charge in [-0.25, -0.2) is 0 Å². The number of hydrogen-bond donors (Lipinski definition) is 1. The second kappa shape index (κ2) is 5.18. The first-order valence-corrected chi connectivity index (χ1v) is 9.67. The van der Waals surface area contributed by atoms with Gasteiger partial charge in [0, 0.05) is 11.8 Å². The lowest BCUT2D eigenvalue weighted by molar-refractivity contribution is -0.128. The second-order valence-corrected chi connectivity index (χ2v) is 9.33. The molecule has 0 spiro atoms. The largest absolute Gasteiger partial charge is 0.388 e. The van der Waals surface area contributed by atoms with Crippen LogP contribution in [0.4, 0.5) is 0 Å². The lowest BCUT2D eigenvalue weighted by Crippen LogP contribution is -2.54. The molecule has 0 aromatic heterocycles. The summed E-state index contributed by atoms with van der Waals surface area (Å²) in [6.07, 6.45) is 10.1. The van der Waals surface area contributed by atoms with Gasteiger partial charge in [-0.1, -0.05) is 19.4 Å². The van der Waals surface area contributed by atoms with Gasteiger partial charge >= 0.3 is 0 Å². The van der Waals surface area contributed by atoms with Crippen molar-refractivity contribution in [1.29, 1.82) is 5.26 Å². The number of rotatable bonds is 1. The Morgan fingerprint density at radius 1 is 1.17 bits per heavy atom. The highest BCUT2D eigenvalue weighted by Crippen LogP contribution is 2.67. The van der Waals surface area contributed by atoms with E-state index < -0.39 is 5.60 Å². The Morgan fingerprint density at radius 2 is 1.92 bits per heavy atom. The lowest BCUT2D eigenvalue weighted by atomic mass is 9.46. The molecule has 0 bridgehead atoms. The second-order valence-electron chi connectivity index (χ2n) is 9.33. The minimum atomic E-state index is -0.795. The van der Waals surface area contributed by atoms with Gasteiger partial charge in [-0.15, -0.1) is 0 Å². The van der Waals surface area contributed by atoms with Crippen molar-refractivity contribution in [3.63, 3.8) is 0 Å². The van der Waals surface area contributed by atoms with Gasteiger partial charge in [-0.3, -0.25) is 4.79 Å². The smallest absolute Gasteiger partial charge is 0.155 e. The molecule has 3 fully saturated rings. The first kappa shape index (κ1) is 16.3. The van der Waals surface area contributed by atoms with Gasteiger partial charge < -0.3 is 5.11 Å². The Hall–Kier alpha value is -1.14. The van der Waals surface area contributed by atoms with Gasteiger partial charge in [0.1, 0.15) is 0 Å². The molecule has 3 nitrogen and oxygen atoms in total. The zero-order valence-electron chi connectivity index (χ0n) is 15.0. The van der Waals surface area contributed by atoms with E-state index in [9.17, 15) is 15.2 Å². The van der Waals surface area contributed by atoms with Gasteiger partial charge in [-0.05, 0) is 74.2 Å². The Labute approximate surface area is 145 Å². The number of carbonyl (C=O) groups is 1. The molecule has 130 valence electrons. The van der Waals surface area contributed by atoms with Crippen LogP contribution in [0.25, 0.3) is 0 Å². The molecule has 4 rings (SSSR count). The predicted molar refractivity (Wildman–Crippen MR) is 91.9 cm³/mol. The average Bonchev–Trinajstić information content (AvgIpc) is 2.80. The summed E-state index contributed by atoms with van der Waals surface area (Å²) < 4.78 is 0. The Balaban J connectivity index is 1.67. The van der Waals surface area contributed by atoms with E-state index in [4.69, 9.17) is 0 Å². The zero-order chi connectivity index (χ0) is 17.2. The number of nitriles is 1. The molecule has 0 aliphatic heterocycles. The summed E-state index contributed by atoms with van der Waals surface area (Å²) in [6, 6.07) is 2.24. The van der Waals surface area contributed by atoms with Crippen molar-refractivity contribution < 1.29 is 9.90 Å². The van der Waals surface area contributed by atoms with Crippen LogP contribution < -0.4 is 0 Å². The van der Waals surface area contributed by atoms with Crippen molar-refractivity contribution >= 4 is 5.78 Å². The van der Waals surface area contributed by atoms with Crippen molar-refractivity contribution in [3.8, 4) is 6.07 Å². The Morgan fingerprint density at radius 3 is 2.67 bits per heavy atom. The molecular weight excluding hydrogens is 298 g/mol. The van der Waals surface area contributed by atoms with E-state index in [1.54, 1.807) is 0 Å². The van der Waals surface area contributed by atoms with E-state index in [2.05, 4.69) is 19.9 Å². The number of hydrogen-bond acceptors (Lipinski definition) is 3. The minimum Gasteiger partial charge on any atom is -0.388 e. The van der Waals surface area contributed by atoms with Gasteiger partial charge in [0.2, 0.25) is 0 Å². The fourth-order valence-electron chi connectivity index (χ4n) is 7.09. The van der Waals surface area contributed by atoms with E-state index in [-0.39, 0.29) is 17.3 Å². The van der Waals surface area contributed by atoms with Crippen LogP contribution in [-0.4, -0.2) is 16.5 Å². The molecule has 3 heteroatoms. The van der Waals surface area contributed by atoms with Crippen LogP contribution >= 0.6 is 0 Å². The van der Waals surface area contributed by atoms with Crippen molar-refractivity contribution in [3.05, 3.63) is 11.6 Å². The van der Waals surface area contributed by atoms with Gasteiger partial charge in [0.05, 0.1) is 18.1 Å². The molecule has 1 unspecified atom stereocenters. The number of ketones is 1. The molecule has 0 amide bonds. The zero-order valence-corrected chi connectivity index (χ0v) is 15.0. The standard InChI is InChI=1S/C21H29NO2/c1-19-8-5-15(23)13-14(19)3-4-16-17(19)6-9-20(2)18(16)7-10-21(20,24)11-12-22/h13,16-18,24H,3-11H2,1-2H3/t16-,17-,18+,19+,20+,21?/m1/s1. The molecule has 1 N–H and O–H groups in total. The summed E-state index contributed by atoms with van der Waals surface area (Å²) in [5.41, 5.74) is 0.686. The number of allylic oxidation sites excluding steroid dienone is 1. The summed E-state index contributed by atoms with van der Waals surface area (Å²) >= 11 is 0. The summed E-state index contributed by atoms with van der Waals surface area (Å²) in [4.78, 5) is 11.9. The van der Waals surface area contributed by atoms with Crippen LogP contribution in [0.1, 0.15) is 71.6 Å². The van der Waals surface area contributed by atoms with Crippen LogP contribution in [0, 0.1) is 39.9 Å². The number of aliphatic hydroxyl groups is 1. The highest BCUT2D eigenvalue weighted by molar-refractivity contribution is 5.91. The highest BCUT2D eigenvalue weighted by Gasteiger charge is 2.63. The maximum Gasteiger partial charge on any atom is 0.155 e. The first-order chi connectivity index (χ1) is 11.3. The Kier molecular flexibility index (Phi) is 3.52. The van der Waals surface area contributed by atoms with Crippen LogP contribution in [0.3, 0.4) is 0 Å². The SMILES string of the molecule is C[C@]12CCC(=O)C=C1CC[C@@H]1[C@H]2CC[C@@]2(C)[C@H]1CCC2(O)CC#N. The van der Waals surface area contributed by atoms with E-state index >= 15 is 0 Å². The lowest BCUT2D eigenvalue weighted by Gasteiger charge is -2.59. The maximum atomic E-state index is 11.9. The molecule has 4 aliphatic carbocycles. The summed E-state index contributed by atoms with van der Waals surface area (Å²) in [5.74, 6) is 2.14. The number of fused-ring (bicyclic) bond motifs is 5. The third-order valence-electron chi connectivity index (χ3n) is 8.66. The quantitative estimate of drug-likeness (QED) is 0.786. The molecule has 0 saturated heterocycles. The van der Waals surface area contributed by atoms with Crippen molar-refractivity contribution in [2.75, 3.05) is 0 Å². The third-order valence-corrected chi connectivity index (χ3v) is 8.66. The first-order valence-electron chi connectivity index (χ1n) is 9.67. The van der Waals surface area contributed by atoms with Gasteiger partial charge in [0.25, 0.3) is 0 Å². The average molecular weight is 327 g/mol. The highest BCUT2D eigenvalue weighted by atomic mass is 16.3. The van der Waals surface area contributed by atoms with Crippen LogP contribution in [0.5, 0.6) is 0 Å².